The molecule has 0 aliphatic carbocycles. The van der Waals surface area contributed by atoms with Crippen molar-refractivity contribution in [1.29, 1.82) is 0 Å². The molecule has 7 nitrogen and oxygen atoms in total. The molecule has 0 bridgehead atoms. The van der Waals surface area contributed by atoms with Gasteiger partial charge >= 0.3 is 11.6 Å². The Morgan fingerprint density at radius 3 is 2.50 bits per heavy atom. The van der Waals surface area contributed by atoms with E-state index in [1.807, 2.05) is 19.1 Å². The molecule has 0 atom stereocenters. The first-order valence-electron chi connectivity index (χ1n) is 7.46. The number of rotatable bonds is 3. The highest BCUT2D eigenvalue weighted by molar-refractivity contribution is 6.01. The number of hydrogen-bond acceptors (Lipinski definition) is 6. The molecule has 7 heteroatoms. The van der Waals surface area contributed by atoms with Gasteiger partial charge in [-0.1, -0.05) is 12.1 Å². The minimum absolute atomic E-state index is 0.0165. The molecular formula is C17H15NO6. The number of carbonyl (C=O) groups is 3. The molecule has 0 saturated carbocycles. The summed E-state index contributed by atoms with van der Waals surface area (Å²) >= 11 is 0. The van der Waals surface area contributed by atoms with Crippen molar-refractivity contribution in [1.82, 2.24) is 5.06 Å². The molecule has 1 aromatic carbocycles. The van der Waals surface area contributed by atoms with Crippen molar-refractivity contribution < 1.29 is 23.6 Å². The lowest BCUT2D eigenvalue weighted by atomic mass is 10.0. The third kappa shape index (κ3) is 2.80. The zero-order chi connectivity index (χ0) is 17.4. The van der Waals surface area contributed by atoms with Gasteiger partial charge in [0.2, 0.25) is 0 Å². The normalized spacial score (nSPS) is 14.5. The highest BCUT2D eigenvalue weighted by atomic mass is 16.7. The van der Waals surface area contributed by atoms with Crippen molar-refractivity contribution in [2.75, 3.05) is 0 Å². The van der Waals surface area contributed by atoms with Crippen molar-refractivity contribution in [3.63, 3.8) is 0 Å². The number of nitrogens with zero attached hydrogens (tertiary/aromatic N) is 1. The smallest absolute Gasteiger partial charge is 0.340 e. The van der Waals surface area contributed by atoms with E-state index < -0.39 is 23.4 Å². The minimum atomic E-state index is -0.861. The van der Waals surface area contributed by atoms with Crippen LogP contribution in [0.25, 0.3) is 11.0 Å². The van der Waals surface area contributed by atoms with Crippen LogP contribution < -0.4 is 5.63 Å². The average molecular weight is 329 g/mol. The summed E-state index contributed by atoms with van der Waals surface area (Å²) < 4.78 is 5.26. The van der Waals surface area contributed by atoms with Crippen molar-refractivity contribution in [3.05, 3.63) is 45.3 Å². The Labute approximate surface area is 136 Å². The number of amides is 2. The van der Waals surface area contributed by atoms with Gasteiger partial charge in [0.1, 0.15) is 5.58 Å². The Bertz CT molecular complexity index is 911. The Morgan fingerprint density at radius 2 is 1.83 bits per heavy atom. The maximum absolute atomic E-state index is 12.1. The number of fused-ring (bicyclic) bond motifs is 1. The fraction of sp³-hybridized carbons (Fsp3) is 0.294. The van der Waals surface area contributed by atoms with Gasteiger partial charge in [0.05, 0.1) is 12.0 Å². The van der Waals surface area contributed by atoms with E-state index in [0.29, 0.717) is 16.2 Å². The van der Waals surface area contributed by atoms with E-state index in [9.17, 15) is 19.2 Å². The predicted molar refractivity (Wildman–Crippen MR) is 82.8 cm³/mol. The SMILES string of the molecule is Cc1ccc2c(C)c(CC(=O)ON3C(=O)CCC3=O)c(=O)oc2c1. The number of carbonyl (C=O) groups excluding carboxylic acids is 3. The van der Waals surface area contributed by atoms with E-state index in [4.69, 9.17) is 9.25 Å². The number of imide groups is 1. The van der Waals surface area contributed by atoms with Crippen LogP contribution in [0.5, 0.6) is 0 Å². The first-order chi connectivity index (χ1) is 11.4. The summed E-state index contributed by atoms with van der Waals surface area (Å²) in [5.74, 6) is -1.99. The number of hydroxylamine groups is 2. The molecule has 2 amide bonds. The standard InChI is InChI=1S/C17H15NO6/c1-9-3-4-11-10(2)12(17(22)23-13(11)7-9)8-16(21)24-18-14(19)5-6-15(18)20/h3-4,7H,5-6,8H2,1-2H3. The number of hydrogen-bond donors (Lipinski definition) is 0. The van der Waals surface area contributed by atoms with Crippen molar-refractivity contribution in [3.8, 4) is 0 Å². The molecule has 3 rings (SSSR count). The molecule has 0 N–H and O–H groups in total. The molecule has 0 unspecified atom stereocenters. The highest BCUT2D eigenvalue weighted by Crippen LogP contribution is 2.21. The summed E-state index contributed by atoms with van der Waals surface area (Å²) in [7, 11) is 0. The van der Waals surface area contributed by atoms with E-state index in [1.165, 1.54) is 0 Å². The van der Waals surface area contributed by atoms with Gasteiger partial charge in [0.25, 0.3) is 11.8 Å². The van der Waals surface area contributed by atoms with Crippen molar-refractivity contribution >= 4 is 28.8 Å². The zero-order valence-electron chi connectivity index (χ0n) is 13.3. The van der Waals surface area contributed by atoms with Crippen LogP contribution in [-0.2, 0) is 25.6 Å². The lowest BCUT2D eigenvalue weighted by molar-refractivity contribution is -0.197. The van der Waals surface area contributed by atoms with Crippen LogP contribution in [0.4, 0.5) is 0 Å². The van der Waals surface area contributed by atoms with Crippen LogP contribution in [0, 0.1) is 13.8 Å². The van der Waals surface area contributed by atoms with E-state index in [2.05, 4.69) is 0 Å². The lowest BCUT2D eigenvalue weighted by Crippen LogP contribution is -2.33. The minimum Gasteiger partial charge on any atom is -0.422 e. The van der Waals surface area contributed by atoms with E-state index in [1.54, 1.807) is 13.0 Å². The van der Waals surface area contributed by atoms with Gasteiger partial charge in [0.15, 0.2) is 0 Å². The van der Waals surface area contributed by atoms with E-state index in [-0.39, 0.29) is 24.8 Å². The first-order valence-corrected chi connectivity index (χ1v) is 7.46. The van der Waals surface area contributed by atoms with Crippen LogP contribution in [0.15, 0.2) is 27.4 Å². The Kier molecular flexibility index (Phi) is 3.92. The van der Waals surface area contributed by atoms with Crippen LogP contribution in [0.3, 0.4) is 0 Å². The topological polar surface area (TPSA) is 93.9 Å². The highest BCUT2D eigenvalue weighted by Gasteiger charge is 2.33. The summed E-state index contributed by atoms with van der Waals surface area (Å²) in [6.45, 7) is 3.59. The van der Waals surface area contributed by atoms with Gasteiger partial charge in [-0.05, 0) is 31.0 Å². The maximum atomic E-state index is 12.1. The zero-order valence-corrected chi connectivity index (χ0v) is 13.3. The Balaban J connectivity index is 1.88. The second-order valence-electron chi connectivity index (χ2n) is 5.71. The van der Waals surface area contributed by atoms with Gasteiger partial charge in [-0.25, -0.2) is 9.59 Å². The summed E-state index contributed by atoms with van der Waals surface area (Å²) in [6, 6.07) is 5.43. The molecule has 124 valence electrons. The summed E-state index contributed by atoms with van der Waals surface area (Å²) in [4.78, 5) is 51.9. The van der Waals surface area contributed by atoms with Gasteiger partial charge in [0, 0.05) is 18.2 Å². The van der Waals surface area contributed by atoms with Crippen LogP contribution in [0.1, 0.15) is 29.5 Å². The van der Waals surface area contributed by atoms with E-state index in [0.717, 1.165) is 10.9 Å². The molecule has 1 aliphatic rings. The average Bonchev–Trinajstić information content (AvgIpc) is 2.83. The number of aryl methyl sites for hydroxylation is 2. The van der Waals surface area contributed by atoms with Crippen LogP contribution >= 0.6 is 0 Å². The van der Waals surface area contributed by atoms with E-state index >= 15 is 0 Å². The van der Waals surface area contributed by atoms with Gasteiger partial charge in [-0.3, -0.25) is 9.59 Å². The van der Waals surface area contributed by atoms with Gasteiger partial charge in [-0.15, -0.1) is 5.06 Å². The monoisotopic (exact) mass is 329 g/mol. The molecule has 1 aliphatic heterocycles. The second-order valence-corrected chi connectivity index (χ2v) is 5.71. The summed E-state index contributed by atoms with van der Waals surface area (Å²) in [5, 5.41) is 1.18. The lowest BCUT2D eigenvalue weighted by Gasteiger charge is -2.13. The van der Waals surface area contributed by atoms with Crippen molar-refractivity contribution in [2.24, 2.45) is 0 Å². The molecule has 0 spiro atoms. The second kappa shape index (κ2) is 5.92. The van der Waals surface area contributed by atoms with Gasteiger partial charge < -0.3 is 9.25 Å². The van der Waals surface area contributed by atoms with Crippen LogP contribution in [-0.4, -0.2) is 22.8 Å². The molecule has 24 heavy (non-hydrogen) atoms. The third-order valence-corrected chi connectivity index (χ3v) is 3.96. The Hall–Kier alpha value is -2.96. The largest absolute Gasteiger partial charge is 0.422 e. The molecule has 1 fully saturated rings. The Morgan fingerprint density at radius 1 is 1.17 bits per heavy atom. The predicted octanol–water partition coefficient (Wildman–Crippen LogP) is 1.56. The molecular weight excluding hydrogens is 314 g/mol. The fourth-order valence-electron chi connectivity index (χ4n) is 2.64. The molecule has 1 aromatic heterocycles. The molecule has 0 radical (unpaired) electrons. The van der Waals surface area contributed by atoms with Gasteiger partial charge in [-0.2, -0.15) is 0 Å². The molecule has 2 aromatic rings. The quantitative estimate of drug-likeness (QED) is 0.626. The molecule has 1 saturated heterocycles. The maximum Gasteiger partial charge on any atom is 0.340 e. The summed E-state index contributed by atoms with van der Waals surface area (Å²) in [5.41, 5.74) is 1.51. The summed E-state index contributed by atoms with van der Waals surface area (Å²) in [6.07, 6.45) is -0.347. The fourth-order valence-corrected chi connectivity index (χ4v) is 2.64. The van der Waals surface area contributed by atoms with Crippen LogP contribution in [0.2, 0.25) is 0 Å². The van der Waals surface area contributed by atoms with Crippen molar-refractivity contribution in [2.45, 2.75) is 33.1 Å². The molecule has 2 heterocycles. The third-order valence-electron chi connectivity index (χ3n) is 3.96. The number of benzene rings is 1. The first kappa shape index (κ1) is 15.9.